The molecule has 2 aromatic rings. The van der Waals surface area contributed by atoms with Crippen LogP contribution in [0.5, 0.6) is 17.2 Å². The number of halogens is 1. The molecule has 0 bridgehead atoms. The maximum Gasteiger partial charge on any atom is 0.266 e. The summed E-state index contributed by atoms with van der Waals surface area (Å²) in [5.74, 6) is 2.09. The van der Waals surface area contributed by atoms with Crippen LogP contribution in [-0.4, -0.2) is 42.8 Å². The number of amidine groups is 1. The zero-order valence-electron chi connectivity index (χ0n) is 18.8. The van der Waals surface area contributed by atoms with E-state index in [9.17, 15) is 4.79 Å². The van der Waals surface area contributed by atoms with Crippen LogP contribution in [0.15, 0.2) is 46.3 Å². The molecule has 6 nitrogen and oxygen atoms in total. The minimum atomic E-state index is -0.0568. The standard InChI is InChI=1S/C24H27IN2O4S/c1-6-15(3)31-22-19(25)12-16(13-20(22)30-5)14-21-23(28)27(7-2)24(32-21)26-17-8-10-18(29-4)11-9-17/h8-15H,6-7H2,1-5H3/b21-14+,26-24?/t15-/m1/s1. The van der Waals surface area contributed by atoms with Crippen LogP contribution in [0.2, 0.25) is 0 Å². The Kier molecular flexibility index (Phi) is 8.47. The predicted molar refractivity (Wildman–Crippen MR) is 139 cm³/mol. The number of ether oxygens (including phenoxy) is 3. The molecule has 0 aliphatic carbocycles. The molecule has 32 heavy (non-hydrogen) atoms. The first-order valence-corrected chi connectivity index (χ1v) is 12.3. The number of methoxy groups -OCH3 is 2. The van der Waals surface area contributed by atoms with Crippen molar-refractivity contribution in [1.82, 2.24) is 4.90 Å². The van der Waals surface area contributed by atoms with Crippen LogP contribution in [0.1, 0.15) is 32.8 Å². The molecule has 0 N–H and O–H groups in total. The second kappa shape index (κ2) is 11.1. The summed E-state index contributed by atoms with van der Waals surface area (Å²) >= 11 is 3.61. The first-order chi connectivity index (χ1) is 15.4. The number of rotatable bonds is 8. The van der Waals surface area contributed by atoms with Crippen LogP contribution in [0.4, 0.5) is 5.69 Å². The fraction of sp³-hybridized carbons (Fsp3) is 0.333. The largest absolute Gasteiger partial charge is 0.497 e. The third-order valence-corrected chi connectivity index (χ3v) is 6.75. The number of amides is 1. The van der Waals surface area contributed by atoms with Gasteiger partial charge >= 0.3 is 0 Å². The molecule has 3 rings (SSSR count). The van der Waals surface area contributed by atoms with E-state index in [1.165, 1.54) is 11.8 Å². The Morgan fingerprint density at radius 3 is 2.47 bits per heavy atom. The summed E-state index contributed by atoms with van der Waals surface area (Å²) in [6, 6.07) is 11.3. The molecule has 0 unspecified atom stereocenters. The van der Waals surface area contributed by atoms with Crippen LogP contribution in [0, 0.1) is 3.57 Å². The van der Waals surface area contributed by atoms with Crippen LogP contribution in [0.3, 0.4) is 0 Å². The van der Waals surface area contributed by atoms with Gasteiger partial charge in [-0.05, 0) is 103 Å². The molecule has 1 heterocycles. The van der Waals surface area contributed by atoms with Crippen LogP contribution < -0.4 is 14.2 Å². The van der Waals surface area contributed by atoms with Gasteiger partial charge < -0.3 is 14.2 Å². The van der Waals surface area contributed by atoms with Crippen molar-refractivity contribution in [1.29, 1.82) is 0 Å². The highest BCUT2D eigenvalue weighted by molar-refractivity contribution is 14.1. The molecule has 0 aromatic heterocycles. The normalized spacial score (nSPS) is 17.2. The summed E-state index contributed by atoms with van der Waals surface area (Å²) in [6.45, 7) is 6.59. The Balaban J connectivity index is 1.91. The molecule has 0 spiro atoms. The number of aliphatic imine (C=N–C) groups is 1. The van der Waals surface area contributed by atoms with E-state index in [1.807, 2.05) is 56.3 Å². The molecule has 8 heteroatoms. The third kappa shape index (κ3) is 5.58. The minimum Gasteiger partial charge on any atom is -0.497 e. The molecule has 170 valence electrons. The van der Waals surface area contributed by atoms with Crippen molar-refractivity contribution in [2.24, 2.45) is 4.99 Å². The summed E-state index contributed by atoms with van der Waals surface area (Å²) in [5.41, 5.74) is 1.64. The van der Waals surface area contributed by atoms with Crippen LogP contribution >= 0.6 is 34.4 Å². The fourth-order valence-electron chi connectivity index (χ4n) is 3.01. The van der Waals surface area contributed by atoms with Crippen molar-refractivity contribution < 1.29 is 19.0 Å². The lowest BCUT2D eigenvalue weighted by molar-refractivity contribution is -0.122. The van der Waals surface area contributed by atoms with E-state index in [2.05, 4.69) is 34.5 Å². The van der Waals surface area contributed by atoms with Gasteiger partial charge in [0, 0.05) is 6.54 Å². The minimum absolute atomic E-state index is 0.0568. The number of carbonyl (C=O) groups excluding carboxylic acids is 1. The highest BCUT2D eigenvalue weighted by Gasteiger charge is 2.32. The monoisotopic (exact) mass is 566 g/mol. The number of thioether (sulfide) groups is 1. The lowest BCUT2D eigenvalue weighted by atomic mass is 10.1. The van der Waals surface area contributed by atoms with Gasteiger partial charge in [0.1, 0.15) is 5.75 Å². The van der Waals surface area contributed by atoms with Crippen molar-refractivity contribution in [3.05, 3.63) is 50.4 Å². The van der Waals surface area contributed by atoms with Crippen LogP contribution in [-0.2, 0) is 4.79 Å². The van der Waals surface area contributed by atoms with E-state index >= 15 is 0 Å². The molecular weight excluding hydrogens is 539 g/mol. The topological polar surface area (TPSA) is 60.4 Å². The van der Waals surface area contributed by atoms with Crippen molar-refractivity contribution in [2.45, 2.75) is 33.3 Å². The first kappa shape index (κ1) is 24.4. The van der Waals surface area contributed by atoms with E-state index in [0.717, 1.165) is 32.7 Å². The average molecular weight is 566 g/mol. The zero-order valence-corrected chi connectivity index (χ0v) is 21.8. The van der Waals surface area contributed by atoms with E-state index in [-0.39, 0.29) is 12.0 Å². The molecule has 0 saturated carbocycles. The van der Waals surface area contributed by atoms with Gasteiger partial charge in [-0.3, -0.25) is 9.69 Å². The van der Waals surface area contributed by atoms with Gasteiger partial charge in [0.05, 0.1) is 34.5 Å². The summed E-state index contributed by atoms with van der Waals surface area (Å²) in [6.07, 6.45) is 2.87. The maximum atomic E-state index is 13.0. The third-order valence-electron chi connectivity index (χ3n) is 4.94. The SMILES string of the molecule is CC[C@@H](C)Oc1c(I)cc(/C=C2/SC(=Nc3ccc(OC)cc3)N(CC)C2=O)cc1OC. The van der Waals surface area contributed by atoms with Crippen molar-refractivity contribution in [3.8, 4) is 17.2 Å². The average Bonchev–Trinajstić information content (AvgIpc) is 3.09. The Labute approximate surface area is 207 Å². The second-order valence-electron chi connectivity index (χ2n) is 7.12. The Morgan fingerprint density at radius 2 is 1.88 bits per heavy atom. The molecule has 1 amide bonds. The summed E-state index contributed by atoms with van der Waals surface area (Å²) in [5, 5.41) is 0.660. The summed E-state index contributed by atoms with van der Waals surface area (Å²) in [7, 11) is 3.25. The van der Waals surface area contributed by atoms with Gasteiger partial charge in [-0.1, -0.05) is 6.92 Å². The lowest BCUT2D eigenvalue weighted by Crippen LogP contribution is -2.28. The Morgan fingerprint density at radius 1 is 1.16 bits per heavy atom. The molecule has 0 radical (unpaired) electrons. The van der Waals surface area contributed by atoms with E-state index < -0.39 is 0 Å². The number of carbonyl (C=O) groups is 1. The Bertz CT molecular complexity index is 1040. The quantitative estimate of drug-likeness (QED) is 0.285. The predicted octanol–water partition coefficient (Wildman–Crippen LogP) is 6.11. The molecule has 1 atom stereocenters. The second-order valence-corrected chi connectivity index (χ2v) is 9.29. The van der Waals surface area contributed by atoms with E-state index in [4.69, 9.17) is 14.2 Å². The Hall–Kier alpha value is -2.20. The highest BCUT2D eigenvalue weighted by Crippen LogP contribution is 2.38. The van der Waals surface area contributed by atoms with Crippen molar-refractivity contribution in [3.63, 3.8) is 0 Å². The first-order valence-electron chi connectivity index (χ1n) is 10.4. The maximum absolute atomic E-state index is 13.0. The number of benzene rings is 2. The van der Waals surface area contributed by atoms with Crippen molar-refractivity contribution >= 4 is 57.2 Å². The highest BCUT2D eigenvalue weighted by atomic mass is 127. The van der Waals surface area contributed by atoms with Gasteiger partial charge in [0.25, 0.3) is 5.91 Å². The number of nitrogens with zero attached hydrogens (tertiary/aromatic N) is 2. The molecule has 1 saturated heterocycles. The number of hydrogen-bond donors (Lipinski definition) is 0. The summed E-state index contributed by atoms with van der Waals surface area (Å²) < 4.78 is 17.7. The fourth-order valence-corrected chi connectivity index (χ4v) is 4.83. The molecular formula is C24H27IN2O4S. The van der Waals surface area contributed by atoms with Gasteiger partial charge in [-0.2, -0.15) is 0 Å². The molecule has 1 fully saturated rings. The van der Waals surface area contributed by atoms with Crippen LogP contribution in [0.25, 0.3) is 6.08 Å². The van der Waals surface area contributed by atoms with Gasteiger partial charge in [-0.15, -0.1) is 0 Å². The molecule has 2 aromatic carbocycles. The summed E-state index contributed by atoms with van der Waals surface area (Å²) in [4.78, 5) is 20.0. The van der Waals surface area contributed by atoms with Gasteiger partial charge in [0.2, 0.25) is 0 Å². The smallest absolute Gasteiger partial charge is 0.266 e. The van der Waals surface area contributed by atoms with Gasteiger partial charge in [-0.25, -0.2) is 4.99 Å². The number of hydrogen-bond acceptors (Lipinski definition) is 6. The lowest BCUT2D eigenvalue weighted by Gasteiger charge is -2.17. The number of likely N-dealkylation sites (N-methyl/N-ethyl adjacent to an activating group) is 1. The molecule has 1 aliphatic rings. The van der Waals surface area contributed by atoms with Gasteiger partial charge in [0.15, 0.2) is 16.7 Å². The zero-order chi connectivity index (χ0) is 23.3. The van der Waals surface area contributed by atoms with E-state index in [1.54, 1.807) is 19.1 Å². The molecule has 1 aliphatic heterocycles. The van der Waals surface area contributed by atoms with E-state index in [0.29, 0.717) is 22.4 Å². The van der Waals surface area contributed by atoms with Crippen molar-refractivity contribution in [2.75, 3.05) is 20.8 Å².